The number of carboxylic acid groups (broad SMARTS) is 1. The van der Waals surface area contributed by atoms with Gasteiger partial charge in [-0.15, -0.1) is 22.7 Å². The van der Waals surface area contributed by atoms with Crippen LogP contribution < -0.4 is 0 Å². The number of nitrogens with zero attached hydrogens (tertiary/aromatic N) is 2. The number of carboxylic acids is 1. The van der Waals surface area contributed by atoms with Crippen LogP contribution in [-0.4, -0.2) is 20.9 Å². The number of carbonyl (C=O) groups is 1. The van der Waals surface area contributed by atoms with Crippen LogP contribution in [0.2, 0.25) is 5.02 Å². The first-order valence-electron chi connectivity index (χ1n) is 7.81. The van der Waals surface area contributed by atoms with E-state index in [-0.39, 0.29) is 6.42 Å². The number of halogens is 1. The standard InChI is InChI=1S/C19H13ClN2O2S2/c20-12-5-7-13(8-6-12)22-19(16-4-2-10-26-16)14(11-17(23)24)18(21-22)15-3-1-9-25-15/h1-10H,11H2,(H,23,24). The van der Waals surface area contributed by atoms with Crippen molar-refractivity contribution in [1.29, 1.82) is 0 Å². The minimum Gasteiger partial charge on any atom is -0.481 e. The third-order valence-corrected chi connectivity index (χ3v) is 5.90. The molecular formula is C19H13ClN2O2S2. The average Bonchev–Trinajstić information content (AvgIpc) is 3.35. The van der Waals surface area contributed by atoms with Gasteiger partial charge < -0.3 is 5.11 Å². The van der Waals surface area contributed by atoms with Gasteiger partial charge >= 0.3 is 5.97 Å². The fraction of sp³-hybridized carbons (Fsp3) is 0.0526. The molecule has 0 amide bonds. The predicted octanol–water partition coefficient (Wildman–Crippen LogP) is 5.61. The summed E-state index contributed by atoms with van der Waals surface area (Å²) in [6.45, 7) is 0. The first-order chi connectivity index (χ1) is 12.6. The minimum atomic E-state index is -0.878. The van der Waals surface area contributed by atoms with Crippen LogP contribution in [0.5, 0.6) is 0 Å². The van der Waals surface area contributed by atoms with Gasteiger partial charge in [-0.3, -0.25) is 4.79 Å². The fourth-order valence-corrected chi connectivity index (χ4v) is 4.46. The van der Waals surface area contributed by atoms with Gasteiger partial charge in [-0.1, -0.05) is 23.7 Å². The summed E-state index contributed by atoms with van der Waals surface area (Å²) < 4.78 is 1.81. The molecule has 0 aliphatic carbocycles. The highest BCUT2D eigenvalue weighted by atomic mass is 35.5. The Morgan fingerprint density at radius 3 is 2.27 bits per heavy atom. The number of hydrogen-bond donors (Lipinski definition) is 1. The Morgan fingerprint density at radius 2 is 1.69 bits per heavy atom. The predicted molar refractivity (Wildman–Crippen MR) is 107 cm³/mol. The number of aliphatic carboxylic acids is 1. The van der Waals surface area contributed by atoms with E-state index in [0.717, 1.165) is 26.7 Å². The van der Waals surface area contributed by atoms with Gasteiger partial charge in [0.05, 0.1) is 27.6 Å². The summed E-state index contributed by atoms with van der Waals surface area (Å²) in [6, 6.07) is 15.2. The van der Waals surface area contributed by atoms with Gasteiger partial charge in [0.25, 0.3) is 0 Å². The van der Waals surface area contributed by atoms with E-state index in [1.807, 2.05) is 51.8 Å². The van der Waals surface area contributed by atoms with Crippen molar-refractivity contribution < 1.29 is 9.90 Å². The van der Waals surface area contributed by atoms with E-state index in [2.05, 4.69) is 0 Å². The summed E-state index contributed by atoms with van der Waals surface area (Å²) in [7, 11) is 0. The van der Waals surface area contributed by atoms with Gasteiger partial charge in [0.1, 0.15) is 5.69 Å². The molecule has 0 radical (unpaired) electrons. The molecule has 4 nitrogen and oxygen atoms in total. The van der Waals surface area contributed by atoms with Crippen molar-refractivity contribution in [3.63, 3.8) is 0 Å². The summed E-state index contributed by atoms with van der Waals surface area (Å²) >= 11 is 9.13. The van der Waals surface area contributed by atoms with Gasteiger partial charge in [-0.25, -0.2) is 4.68 Å². The molecule has 3 aromatic heterocycles. The molecule has 0 fully saturated rings. The molecule has 26 heavy (non-hydrogen) atoms. The highest BCUT2D eigenvalue weighted by molar-refractivity contribution is 7.14. The lowest BCUT2D eigenvalue weighted by Crippen LogP contribution is -2.03. The Morgan fingerprint density at radius 1 is 1.04 bits per heavy atom. The quantitative estimate of drug-likeness (QED) is 0.473. The average molecular weight is 401 g/mol. The lowest BCUT2D eigenvalue weighted by Gasteiger charge is -2.08. The van der Waals surface area contributed by atoms with Crippen LogP contribution in [0.25, 0.3) is 26.8 Å². The number of hydrogen-bond acceptors (Lipinski definition) is 4. The SMILES string of the molecule is O=C(O)Cc1c(-c2cccs2)nn(-c2ccc(Cl)cc2)c1-c1cccs1. The molecule has 0 saturated carbocycles. The van der Waals surface area contributed by atoms with E-state index in [1.165, 1.54) is 0 Å². The zero-order valence-corrected chi connectivity index (χ0v) is 15.8. The molecule has 3 heterocycles. The topological polar surface area (TPSA) is 55.1 Å². The summed E-state index contributed by atoms with van der Waals surface area (Å²) in [5.74, 6) is -0.878. The van der Waals surface area contributed by atoms with E-state index < -0.39 is 5.97 Å². The lowest BCUT2D eigenvalue weighted by atomic mass is 10.1. The van der Waals surface area contributed by atoms with E-state index in [1.54, 1.807) is 34.8 Å². The largest absolute Gasteiger partial charge is 0.481 e. The first kappa shape index (κ1) is 17.0. The van der Waals surface area contributed by atoms with Gasteiger partial charge in [0, 0.05) is 10.6 Å². The minimum absolute atomic E-state index is 0.0892. The second kappa shape index (κ2) is 7.07. The summed E-state index contributed by atoms with van der Waals surface area (Å²) in [4.78, 5) is 13.5. The van der Waals surface area contributed by atoms with Crippen molar-refractivity contribution in [1.82, 2.24) is 9.78 Å². The Kier molecular flexibility index (Phi) is 4.63. The van der Waals surface area contributed by atoms with Crippen LogP contribution in [0.15, 0.2) is 59.3 Å². The fourth-order valence-electron chi connectivity index (χ4n) is 2.82. The molecule has 0 atom stereocenters. The monoisotopic (exact) mass is 400 g/mol. The zero-order chi connectivity index (χ0) is 18.1. The van der Waals surface area contributed by atoms with Crippen molar-refractivity contribution in [2.45, 2.75) is 6.42 Å². The smallest absolute Gasteiger partial charge is 0.307 e. The molecule has 1 aromatic carbocycles. The second-order valence-electron chi connectivity index (χ2n) is 5.59. The molecule has 0 bridgehead atoms. The molecule has 7 heteroatoms. The second-order valence-corrected chi connectivity index (χ2v) is 7.92. The Labute approximate surface area is 162 Å². The Bertz CT molecular complexity index is 1040. The Hall–Kier alpha value is -2.41. The van der Waals surface area contributed by atoms with E-state index >= 15 is 0 Å². The van der Waals surface area contributed by atoms with Gasteiger partial charge in [0.15, 0.2) is 0 Å². The molecule has 0 saturated heterocycles. The van der Waals surface area contributed by atoms with E-state index in [9.17, 15) is 9.90 Å². The first-order valence-corrected chi connectivity index (χ1v) is 9.94. The highest BCUT2D eigenvalue weighted by Crippen LogP contribution is 2.38. The number of benzene rings is 1. The maximum Gasteiger partial charge on any atom is 0.307 e. The van der Waals surface area contributed by atoms with Crippen LogP contribution in [0.3, 0.4) is 0 Å². The van der Waals surface area contributed by atoms with Crippen molar-refractivity contribution in [3.05, 3.63) is 69.9 Å². The third-order valence-electron chi connectivity index (χ3n) is 3.89. The van der Waals surface area contributed by atoms with Crippen LogP contribution >= 0.6 is 34.3 Å². The van der Waals surface area contributed by atoms with Gasteiger partial charge in [0.2, 0.25) is 0 Å². The summed E-state index contributed by atoms with van der Waals surface area (Å²) in [5, 5.41) is 18.9. The van der Waals surface area contributed by atoms with Gasteiger partial charge in [-0.05, 0) is 47.2 Å². The summed E-state index contributed by atoms with van der Waals surface area (Å²) in [5.41, 5.74) is 3.08. The molecule has 4 rings (SSSR count). The normalized spacial score (nSPS) is 11.0. The van der Waals surface area contributed by atoms with Crippen molar-refractivity contribution in [2.24, 2.45) is 0 Å². The molecule has 4 aromatic rings. The van der Waals surface area contributed by atoms with E-state index in [4.69, 9.17) is 16.7 Å². The molecule has 0 unspecified atom stereocenters. The maximum atomic E-state index is 11.6. The molecule has 130 valence electrons. The summed E-state index contributed by atoms with van der Waals surface area (Å²) in [6.07, 6.45) is -0.0892. The van der Waals surface area contributed by atoms with Crippen LogP contribution in [0.1, 0.15) is 5.56 Å². The maximum absolute atomic E-state index is 11.6. The number of thiophene rings is 2. The Balaban J connectivity index is 2.01. The van der Waals surface area contributed by atoms with Crippen LogP contribution in [-0.2, 0) is 11.2 Å². The zero-order valence-electron chi connectivity index (χ0n) is 13.4. The van der Waals surface area contributed by atoms with Crippen LogP contribution in [0, 0.1) is 0 Å². The molecule has 1 N–H and O–H groups in total. The third kappa shape index (κ3) is 3.19. The van der Waals surface area contributed by atoms with Crippen LogP contribution in [0.4, 0.5) is 0 Å². The van der Waals surface area contributed by atoms with E-state index in [0.29, 0.717) is 10.7 Å². The molecule has 0 aliphatic rings. The number of rotatable bonds is 5. The van der Waals surface area contributed by atoms with Crippen molar-refractivity contribution in [2.75, 3.05) is 0 Å². The molecule has 0 aliphatic heterocycles. The molecule has 0 spiro atoms. The lowest BCUT2D eigenvalue weighted by molar-refractivity contribution is -0.136. The number of aromatic nitrogens is 2. The van der Waals surface area contributed by atoms with Gasteiger partial charge in [-0.2, -0.15) is 5.10 Å². The van der Waals surface area contributed by atoms with Crippen molar-refractivity contribution >= 4 is 40.2 Å². The highest BCUT2D eigenvalue weighted by Gasteiger charge is 2.24. The molecular weight excluding hydrogens is 388 g/mol. The van der Waals surface area contributed by atoms with Crippen molar-refractivity contribution in [3.8, 4) is 26.8 Å².